The molecular formula is C31H35FN2O8. The summed E-state index contributed by atoms with van der Waals surface area (Å²) in [5.74, 6) is -2.44. The summed E-state index contributed by atoms with van der Waals surface area (Å²) in [7, 11) is 1.38. The average molecular weight is 583 g/mol. The number of methoxy groups -OCH3 is 1. The van der Waals surface area contributed by atoms with E-state index in [0.29, 0.717) is 13.0 Å². The summed E-state index contributed by atoms with van der Waals surface area (Å²) in [5.41, 5.74) is 1.69. The van der Waals surface area contributed by atoms with Crippen LogP contribution in [0.3, 0.4) is 0 Å². The number of amides is 1. The Bertz CT molecular complexity index is 1320. The molecule has 3 aromatic rings. The molecule has 0 spiro atoms. The van der Waals surface area contributed by atoms with Gasteiger partial charge in [0.15, 0.2) is 17.2 Å². The van der Waals surface area contributed by atoms with E-state index in [9.17, 15) is 18.8 Å². The molecule has 0 radical (unpaired) electrons. The van der Waals surface area contributed by atoms with Gasteiger partial charge in [-0.15, -0.1) is 0 Å². The second kappa shape index (κ2) is 16.1. The van der Waals surface area contributed by atoms with Crippen molar-refractivity contribution in [3.05, 3.63) is 89.5 Å². The number of ether oxygens (including phenoxy) is 5. The van der Waals surface area contributed by atoms with Crippen LogP contribution in [0.25, 0.3) is 0 Å². The van der Waals surface area contributed by atoms with E-state index < -0.39 is 36.8 Å². The minimum absolute atomic E-state index is 0.0531. The number of hydrogen-bond donors (Lipinski definition) is 1. The van der Waals surface area contributed by atoms with Crippen LogP contribution in [0.4, 0.5) is 4.39 Å². The van der Waals surface area contributed by atoms with E-state index >= 15 is 0 Å². The summed E-state index contributed by atoms with van der Waals surface area (Å²) in [6, 6.07) is 16.2. The molecule has 0 aliphatic heterocycles. The third-order valence-corrected chi connectivity index (χ3v) is 6.29. The molecule has 42 heavy (non-hydrogen) atoms. The molecule has 1 aromatic heterocycles. The maximum absolute atomic E-state index is 13.5. The lowest BCUT2D eigenvalue weighted by Crippen LogP contribution is -2.42. The van der Waals surface area contributed by atoms with Crippen molar-refractivity contribution in [3.63, 3.8) is 0 Å². The van der Waals surface area contributed by atoms with Gasteiger partial charge in [-0.3, -0.25) is 9.59 Å². The third-order valence-electron chi connectivity index (χ3n) is 6.29. The minimum Gasteiger partial charge on any atom is -0.493 e. The molecule has 0 unspecified atom stereocenters. The zero-order valence-corrected chi connectivity index (χ0v) is 24.0. The van der Waals surface area contributed by atoms with Gasteiger partial charge >= 0.3 is 11.9 Å². The molecule has 0 fully saturated rings. The Kier molecular flexibility index (Phi) is 12.2. The molecule has 0 saturated carbocycles. The monoisotopic (exact) mass is 582 g/mol. The Morgan fingerprint density at radius 3 is 2.36 bits per heavy atom. The van der Waals surface area contributed by atoms with Gasteiger partial charge in [-0.2, -0.15) is 0 Å². The van der Waals surface area contributed by atoms with Crippen molar-refractivity contribution in [1.29, 1.82) is 0 Å². The lowest BCUT2D eigenvalue weighted by molar-refractivity contribution is -0.154. The second-order valence-electron chi connectivity index (χ2n) is 9.52. The summed E-state index contributed by atoms with van der Waals surface area (Å²) in [5, 5.41) is 2.56. The number of nitrogens with zero attached hydrogens (tertiary/aromatic N) is 1. The molecular weight excluding hydrogens is 547 g/mol. The maximum Gasteiger partial charge on any atom is 0.328 e. The quantitative estimate of drug-likeness (QED) is 0.207. The SMILES string of the molecule is COc1ccnc(C(=O)N[C@@H](C)C(=O)O[C@@H](C)[C@@H](COCc2ccccc2)Cc2ccc(F)cc2)c1OCOC(C)=O. The first-order chi connectivity index (χ1) is 20.2. The van der Waals surface area contributed by atoms with Crippen LogP contribution < -0.4 is 14.8 Å². The fourth-order valence-electron chi connectivity index (χ4n) is 3.96. The molecule has 0 saturated heterocycles. The van der Waals surface area contributed by atoms with Crippen LogP contribution in [0.5, 0.6) is 11.5 Å². The van der Waals surface area contributed by atoms with Gasteiger partial charge < -0.3 is 29.0 Å². The molecule has 2 aromatic carbocycles. The first-order valence-corrected chi connectivity index (χ1v) is 13.3. The van der Waals surface area contributed by atoms with Gasteiger partial charge in [0.05, 0.1) is 20.3 Å². The van der Waals surface area contributed by atoms with Gasteiger partial charge in [0.25, 0.3) is 5.91 Å². The van der Waals surface area contributed by atoms with Crippen molar-refractivity contribution in [3.8, 4) is 11.5 Å². The van der Waals surface area contributed by atoms with Crippen molar-refractivity contribution >= 4 is 17.8 Å². The second-order valence-corrected chi connectivity index (χ2v) is 9.52. The number of nitrogens with one attached hydrogen (secondary N) is 1. The summed E-state index contributed by atoms with van der Waals surface area (Å²) in [4.78, 5) is 41.2. The third kappa shape index (κ3) is 9.84. The van der Waals surface area contributed by atoms with Crippen LogP contribution in [-0.2, 0) is 36.8 Å². The summed E-state index contributed by atoms with van der Waals surface area (Å²) < 4.78 is 40.6. The van der Waals surface area contributed by atoms with E-state index in [0.717, 1.165) is 11.1 Å². The lowest BCUT2D eigenvalue weighted by Gasteiger charge is -2.26. The van der Waals surface area contributed by atoms with Crippen LogP contribution in [0.1, 0.15) is 42.4 Å². The van der Waals surface area contributed by atoms with E-state index in [2.05, 4.69) is 10.3 Å². The summed E-state index contributed by atoms with van der Waals surface area (Å²) in [6.45, 7) is 4.63. The Morgan fingerprint density at radius 1 is 0.976 bits per heavy atom. The van der Waals surface area contributed by atoms with Crippen molar-refractivity contribution in [2.45, 2.75) is 45.9 Å². The van der Waals surface area contributed by atoms with E-state index in [4.69, 9.17) is 23.7 Å². The van der Waals surface area contributed by atoms with Crippen LogP contribution >= 0.6 is 0 Å². The lowest BCUT2D eigenvalue weighted by atomic mass is 9.95. The normalized spacial score (nSPS) is 12.9. The fourth-order valence-corrected chi connectivity index (χ4v) is 3.96. The minimum atomic E-state index is -1.05. The molecule has 3 rings (SSSR count). The highest BCUT2D eigenvalue weighted by Gasteiger charge is 2.28. The molecule has 1 N–H and O–H groups in total. The highest BCUT2D eigenvalue weighted by molar-refractivity contribution is 5.98. The molecule has 0 aliphatic rings. The molecule has 1 heterocycles. The van der Waals surface area contributed by atoms with E-state index in [-0.39, 0.29) is 35.5 Å². The Balaban J connectivity index is 1.65. The highest BCUT2D eigenvalue weighted by atomic mass is 19.1. The number of carbonyl (C=O) groups is 3. The maximum atomic E-state index is 13.5. The van der Waals surface area contributed by atoms with Crippen LogP contribution in [0.2, 0.25) is 0 Å². The molecule has 0 bridgehead atoms. The predicted molar refractivity (Wildman–Crippen MR) is 150 cm³/mol. The molecule has 10 nitrogen and oxygen atoms in total. The van der Waals surface area contributed by atoms with Crippen molar-refractivity contribution in [2.24, 2.45) is 5.92 Å². The van der Waals surface area contributed by atoms with Crippen LogP contribution in [0, 0.1) is 11.7 Å². The number of halogens is 1. The molecule has 224 valence electrons. The van der Waals surface area contributed by atoms with Crippen molar-refractivity contribution in [2.75, 3.05) is 20.5 Å². The summed E-state index contributed by atoms with van der Waals surface area (Å²) in [6.07, 6.45) is 1.21. The first-order valence-electron chi connectivity index (χ1n) is 13.3. The van der Waals surface area contributed by atoms with Gasteiger partial charge in [-0.1, -0.05) is 42.5 Å². The molecule has 3 atom stereocenters. The van der Waals surface area contributed by atoms with Crippen LogP contribution in [-0.4, -0.2) is 55.5 Å². The average Bonchev–Trinajstić information content (AvgIpc) is 2.97. The molecule has 1 amide bonds. The fraction of sp³-hybridized carbons (Fsp3) is 0.355. The Labute approximate surface area is 244 Å². The highest BCUT2D eigenvalue weighted by Crippen LogP contribution is 2.29. The topological polar surface area (TPSA) is 122 Å². The number of benzene rings is 2. The number of pyridine rings is 1. The number of rotatable bonds is 15. The predicted octanol–water partition coefficient (Wildman–Crippen LogP) is 4.25. The van der Waals surface area contributed by atoms with Gasteiger partial charge in [0.1, 0.15) is 18.0 Å². The van der Waals surface area contributed by atoms with E-state index in [1.807, 2.05) is 30.3 Å². The van der Waals surface area contributed by atoms with Crippen LogP contribution in [0.15, 0.2) is 66.9 Å². The van der Waals surface area contributed by atoms with E-state index in [1.165, 1.54) is 45.4 Å². The number of esters is 2. The molecule has 0 aliphatic carbocycles. The summed E-state index contributed by atoms with van der Waals surface area (Å²) >= 11 is 0. The van der Waals surface area contributed by atoms with Crippen molar-refractivity contribution < 1.29 is 42.5 Å². The largest absolute Gasteiger partial charge is 0.493 e. The standard InChI is InChI=1S/C31H35FN2O8/c1-20(34-30(36)28-29(41-19-40-22(3)35)27(38-4)14-15-33-28)31(37)42-21(2)25(16-23-10-12-26(32)13-11-23)18-39-17-24-8-6-5-7-9-24/h5-15,20-21,25H,16-19H2,1-4H3,(H,34,36)/t20-,21-,25+/m0/s1. The first kappa shape index (κ1) is 32.0. The van der Waals surface area contributed by atoms with Gasteiger partial charge in [-0.25, -0.2) is 14.2 Å². The zero-order valence-electron chi connectivity index (χ0n) is 24.0. The Morgan fingerprint density at radius 2 is 1.69 bits per heavy atom. The van der Waals surface area contributed by atoms with Gasteiger partial charge in [0.2, 0.25) is 6.79 Å². The Hall–Kier alpha value is -4.51. The molecule has 11 heteroatoms. The number of hydrogen-bond acceptors (Lipinski definition) is 9. The smallest absolute Gasteiger partial charge is 0.328 e. The van der Waals surface area contributed by atoms with E-state index in [1.54, 1.807) is 19.1 Å². The van der Waals surface area contributed by atoms with Gasteiger partial charge in [0, 0.05) is 25.1 Å². The van der Waals surface area contributed by atoms with Gasteiger partial charge in [-0.05, 0) is 43.5 Å². The number of carbonyl (C=O) groups excluding carboxylic acids is 3. The number of aromatic nitrogens is 1. The van der Waals surface area contributed by atoms with Crippen molar-refractivity contribution in [1.82, 2.24) is 10.3 Å². The zero-order chi connectivity index (χ0) is 30.5.